The summed E-state index contributed by atoms with van der Waals surface area (Å²) in [5.74, 6) is -1.54. The van der Waals surface area contributed by atoms with E-state index in [1.54, 1.807) is 21.6 Å². The van der Waals surface area contributed by atoms with E-state index in [9.17, 15) is 23.7 Å². The Bertz CT molecular complexity index is 962. The molecule has 39 heavy (non-hydrogen) atoms. The summed E-state index contributed by atoms with van der Waals surface area (Å²) < 4.78 is 23.6. The zero-order valence-corrected chi connectivity index (χ0v) is 25.4. The number of carbonyl (C=O) groups excluding carboxylic acids is 2. The van der Waals surface area contributed by atoms with Gasteiger partial charge in [-0.3, -0.25) is 13.8 Å². The van der Waals surface area contributed by atoms with Gasteiger partial charge in [-0.05, 0) is 24.8 Å². The van der Waals surface area contributed by atoms with Crippen molar-refractivity contribution < 1.29 is 33.2 Å². The number of carboxylic acids is 1. The van der Waals surface area contributed by atoms with E-state index in [0.717, 1.165) is 5.56 Å². The minimum Gasteiger partial charge on any atom is -0.480 e. The second kappa shape index (κ2) is 16.6. The zero-order chi connectivity index (χ0) is 29.0. The Kier molecular flexibility index (Phi) is 14.3. The molecule has 13 heteroatoms. The highest BCUT2D eigenvalue weighted by Crippen LogP contribution is 2.35. The average Bonchev–Trinajstić information content (AvgIpc) is 2.88. The standard InChI is InChI=1S/C26H41N3O7S3/c1-26(2,3)38-37-16-19(27)23(30)28-14-18-10-11-21(35-15-17-8-6-5-7-9-17)22(36-18)24(31)29-20(25(32)33)12-13-39(4)34/h5-9,18-22H,10-16,27H2,1-4H3,(H,28,30)(H,29,31)(H,32,33)/t18-,19+,20+,21+,22+,39?/m1/s1. The topological polar surface area (TPSA) is 157 Å². The number of amides is 2. The number of carbonyl (C=O) groups is 3. The van der Waals surface area contributed by atoms with E-state index in [4.69, 9.17) is 15.2 Å². The Balaban J connectivity index is 2.00. The molecule has 1 aromatic carbocycles. The lowest BCUT2D eigenvalue weighted by atomic mass is 9.99. The monoisotopic (exact) mass is 603 g/mol. The summed E-state index contributed by atoms with van der Waals surface area (Å²) in [5.41, 5.74) is 6.97. The van der Waals surface area contributed by atoms with E-state index in [1.807, 2.05) is 30.3 Å². The van der Waals surface area contributed by atoms with Crippen LogP contribution in [-0.2, 0) is 41.3 Å². The van der Waals surface area contributed by atoms with E-state index in [1.165, 1.54) is 6.26 Å². The predicted molar refractivity (Wildman–Crippen MR) is 157 cm³/mol. The Morgan fingerprint density at radius 1 is 1.23 bits per heavy atom. The maximum Gasteiger partial charge on any atom is 0.326 e. The summed E-state index contributed by atoms with van der Waals surface area (Å²) in [4.78, 5) is 37.4. The molecule has 0 bridgehead atoms. The molecule has 0 saturated carbocycles. The Hall–Kier alpha value is -1.64. The first-order chi connectivity index (χ1) is 18.4. The van der Waals surface area contributed by atoms with Crippen LogP contribution in [0.2, 0.25) is 0 Å². The number of carboxylic acid groups (broad SMARTS) is 1. The van der Waals surface area contributed by atoms with Gasteiger partial charge in [-0.15, -0.1) is 0 Å². The lowest BCUT2D eigenvalue weighted by Crippen LogP contribution is -2.55. The van der Waals surface area contributed by atoms with Crippen LogP contribution in [0.4, 0.5) is 0 Å². The molecular weight excluding hydrogens is 563 g/mol. The molecule has 220 valence electrons. The van der Waals surface area contributed by atoms with Gasteiger partial charge in [0.1, 0.15) is 6.04 Å². The highest BCUT2D eigenvalue weighted by molar-refractivity contribution is 8.77. The molecule has 1 heterocycles. The molecule has 5 N–H and O–H groups in total. The van der Waals surface area contributed by atoms with Crippen molar-refractivity contribution >= 4 is 50.2 Å². The van der Waals surface area contributed by atoms with E-state index < -0.39 is 53.1 Å². The van der Waals surface area contributed by atoms with Crippen molar-refractivity contribution in [1.82, 2.24) is 10.6 Å². The van der Waals surface area contributed by atoms with Gasteiger partial charge in [0.05, 0.1) is 24.9 Å². The fourth-order valence-corrected chi connectivity index (χ4v) is 6.69. The van der Waals surface area contributed by atoms with E-state index in [0.29, 0.717) is 18.6 Å². The summed E-state index contributed by atoms with van der Waals surface area (Å²) in [6.45, 7) is 6.68. The SMILES string of the molecule is CS(=O)CC[C@H](NC(=O)[C@H]1O[C@@H](CNC(=O)[C@@H](N)CSSC(C)(C)C)CC[C@@H]1OCc1ccccc1)C(=O)O. The van der Waals surface area contributed by atoms with Crippen LogP contribution in [0, 0.1) is 0 Å². The Labute approximate surface area is 241 Å². The second-order valence-electron chi connectivity index (χ2n) is 10.4. The quantitative estimate of drug-likeness (QED) is 0.219. The fraction of sp³-hybridized carbons (Fsp3) is 0.654. The van der Waals surface area contributed by atoms with Gasteiger partial charge in [0, 0.05) is 39.9 Å². The van der Waals surface area contributed by atoms with Gasteiger partial charge in [0.15, 0.2) is 6.10 Å². The molecule has 10 nitrogen and oxygen atoms in total. The van der Waals surface area contributed by atoms with Crippen molar-refractivity contribution in [2.75, 3.05) is 24.3 Å². The average molecular weight is 604 g/mol. The maximum atomic E-state index is 13.2. The van der Waals surface area contributed by atoms with Crippen molar-refractivity contribution in [2.24, 2.45) is 5.73 Å². The molecule has 0 radical (unpaired) electrons. The molecule has 1 aromatic rings. The molecular formula is C26H41N3O7S3. The number of ether oxygens (including phenoxy) is 2. The highest BCUT2D eigenvalue weighted by atomic mass is 33.1. The molecule has 0 aliphatic carbocycles. The van der Waals surface area contributed by atoms with Crippen LogP contribution in [0.25, 0.3) is 0 Å². The Morgan fingerprint density at radius 3 is 2.54 bits per heavy atom. The van der Waals surface area contributed by atoms with Gasteiger partial charge < -0.3 is 30.9 Å². The zero-order valence-electron chi connectivity index (χ0n) is 22.9. The van der Waals surface area contributed by atoms with Crippen LogP contribution in [0.15, 0.2) is 30.3 Å². The molecule has 1 unspecified atom stereocenters. The summed E-state index contributed by atoms with van der Waals surface area (Å²) in [5, 5.41) is 14.9. The first-order valence-corrected chi connectivity index (χ1v) is 16.9. The van der Waals surface area contributed by atoms with Crippen LogP contribution in [-0.4, -0.2) is 86.5 Å². The number of nitrogens with one attached hydrogen (secondary N) is 2. The third kappa shape index (κ3) is 13.0. The van der Waals surface area contributed by atoms with Crippen LogP contribution in [0.5, 0.6) is 0 Å². The van der Waals surface area contributed by atoms with Gasteiger partial charge in [-0.1, -0.05) is 72.7 Å². The van der Waals surface area contributed by atoms with E-state index in [-0.39, 0.29) is 36.0 Å². The molecule has 1 aliphatic heterocycles. The van der Waals surface area contributed by atoms with Crippen molar-refractivity contribution in [1.29, 1.82) is 0 Å². The van der Waals surface area contributed by atoms with E-state index >= 15 is 0 Å². The summed E-state index contributed by atoms with van der Waals surface area (Å²) >= 11 is 0. The lowest BCUT2D eigenvalue weighted by Gasteiger charge is -2.36. The first kappa shape index (κ1) is 33.6. The minimum atomic E-state index is -1.22. The molecule has 1 saturated heterocycles. The van der Waals surface area contributed by atoms with Crippen LogP contribution in [0.1, 0.15) is 45.6 Å². The molecule has 1 fully saturated rings. The van der Waals surface area contributed by atoms with E-state index in [2.05, 4.69) is 31.4 Å². The van der Waals surface area contributed by atoms with Gasteiger partial charge in [-0.25, -0.2) is 4.79 Å². The van der Waals surface area contributed by atoms with Gasteiger partial charge in [0.25, 0.3) is 5.91 Å². The molecule has 2 rings (SSSR count). The summed E-state index contributed by atoms with van der Waals surface area (Å²) in [7, 11) is 2.00. The largest absolute Gasteiger partial charge is 0.480 e. The number of hydrogen-bond donors (Lipinski definition) is 4. The van der Waals surface area contributed by atoms with Gasteiger partial charge >= 0.3 is 5.97 Å². The van der Waals surface area contributed by atoms with Crippen molar-refractivity contribution in [3.8, 4) is 0 Å². The third-order valence-corrected chi connectivity index (χ3v) is 9.91. The smallest absolute Gasteiger partial charge is 0.326 e. The van der Waals surface area contributed by atoms with Crippen molar-refractivity contribution in [3.63, 3.8) is 0 Å². The van der Waals surface area contributed by atoms with Gasteiger partial charge in [-0.2, -0.15) is 0 Å². The fourth-order valence-electron chi connectivity index (χ4n) is 3.69. The number of aliphatic carboxylic acids is 1. The maximum absolute atomic E-state index is 13.2. The van der Waals surface area contributed by atoms with Crippen LogP contribution >= 0.6 is 21.6 Å². The van der Waals surface area contributed by atoms with Crippen LogP contribution < -0.4 is 16.4 Å². The molecule has 2 amide bonds. The lowest BCUT2D eigenvalue weighted by molar-refractivity contribution is -0.169. The highest BCUT2D eigenvalue weighted by Gasteiger charge is 2.38. The Morgan fingerprint density at radius 2 is 1.92 bits per heavy atom. The number of nitrogens with two attached hydrogens (primary N) is 1. The summed E-state index contributed by atoms with van der Waals surface area (Å²) in [6.07, 6.45) is 0.347. The predicted octanol–water partition coefficient (Wildman–Crippen LogP) is 2.08. The first-order valence-electron chi connectivity index (χ1n) is 12.8. The molecule has 0 aromatic heterocycles. The molecule has 6 atom stereocenters. The van der Waals surface area contributed by atoms with Crippen molar-refractivity contribution in [2.45, 2.75) is 81.8 Å². The summed E-state index contributed by atoms with van der Waals surface area (Å²) in [6, 6.07) is 7.59. The molecule has 0 spiro atoms. The normalized spacial score (nSPS) is 21.9. The number of benzene rings is 1. The van der Waals surface area contributed by atoms with Crippen molar-refractivity contribution in [3.05, 3.63) is 35.9 Å². The number of hydrogen-bond acceptors (Lipinski definition) is 9. The second-order valence-corrected chi connectivity index (χ2v) is 15.1. The van der Waals surface area contributed by atoms with Crippen LogP contribution in [0.3, 0.4) is 0 Å². The molecule has 1 aliphatic rings. The third-order valence-electron chi connectivity index (χ3n) is 5.72. The van der Waals surface area contributed by atoms with Gasteiger partial charge in [0.2, 0.25) is 5.91 Å². The minimum absolute atomic E-state index is 0.0231. The number of rotatable bonds is 15.